The molecule has 11 nitrogen and oxygen atoms in total. The summed E-state index contributed by atoms with van der Waals surface area (Å²) in [5.41, 5.74) is -2.49. The predicted octanol–water partition coefficient (Wildman–Crippen LogP) is 4.22. The van der Waals surface area contributed by atoms with E-state index >= 15 is 0 Å². The third-order valence-corrected chi connectivity index (χ3v) is 8.28. The fourth-order valence-electron chi connectivity index (χ4n) is 4.05. The Labute approximate surface area is 230 Å². The minimum absolute atomic E-state index is 0.0229. The lowest BCUT2D eigenvalue weighted by Crippen LogP contribution is -2.33. The summed E-state index contributed by atoms with van der Waals surface area (Å²) in [7, 11) is -4.42. The number of aromatic amines is 1. The minimum Gasteiger partial charge on any atom is -0.456 e. The van der Waals surface area contributed by atoms with E-state index < -0.39 is 60.8 Å². The molecule has 212 valence electrons. The molecule has 1 N–H and O–H groups in total. The summed E-state index contributed by atoms with van der Waals surface area (Å²) in [5, 5.41) is 0. The molecule has 0 aliphatic carbocycles. The molecule has 3 aromatic rings. The molecule has 2 aromatic carbocycles. The number of esters is 1. The number of ether oxygens (including phenoxy) is 2. The van der Waals surface area contributed by atoms with Crippen LogP contribution in [0.2, 0.25) is 0 Å². The molecule has 0 amide bonds. The lowest BCUT2D eigenvalue weighted by Gasteiger charge is -2.26. The number of hydrogen-bond donors (Lipinski definition) is 1. The van der Waals surface area contributed by atoms with Crippen molar-refractivity contribution < 1.29 is 32.7 Å². The van der Waals surface area contributed by atoms with Gasteiger partial charge in [-0.05, 0) is 31.2 Å². The number of nitrogens with zero attached hydrogens (tertiary/aromatic N) is 1. The molecule has 40 heavy (non-hydrogen) atoms. The Bertz CT molecular complexity index is 1530. The van der Waals surface area contributed by atoms with E-state index in [9.17, 15) is 23.7 Å². The van der Waals surface area contributed by atoms with Crippen LogP contribution in [-0.4, -0.2) is 39.9 Å². The monoisotopic (exact) mass is 570 g/mol. The Balaban J connectivity index is 1.62. The molecule has 0 spiro atoms. The van der Waals surface area contributed by atoms with E-state index in [1.165, 1.54) is 17.7 Å². The van der Waals surface area contributed by atoms with Crippen LogP contribution < -0.4 is 15.8 Å². The van der Waals surface area contributed by atoms with Crippen LogP contribution in [-0.2, 0) is 23.4 Å². The zero-order valence-corrected chi connectivity index (χ0v) is 23.5. The van der Waals surface area contributed by atoms with Crippen LogP contribution in [0.4, 0.5) is 0 Å². The van der Waals surface area contributed by atoms with Crippen LogP contribution in [0.25, 0.3) is 0 Å². The maximum Gasteiger partial charge on any atom is 0.446 e. The summed E-state index contributed by atoms with van der Waals surface area (Å²) in [5.74, 6) is -0.463. The standard InChI is InChI=1S/C28H31N2O9P/c1-18-16-30(27(34)29-24(18)31)23-15-21(38-25(32)19-11-7-5-8-12-19)22(37-23)17-36-40(35,26(33)28(2,3)4)39-20-13-9-6-10-14-20/h5-14,16,21-23H,15,17H2,1-4H3,(H,29,31,34)/t21-,22+,23+,40?/m0/s1. The summed E-state index contributed by atoms with van der Waals surface area (Å²) in [6.07, 6.45) is -1.56. The van der Waals surface area contributed by atoms with Gasteiger partial charge in [-0.25, -0.2) is 14.2 Å². The summed E-state index contributed by atoms with van der Waals surface area (Å²) in [4.78, 5) is 52.7. The number of para-hydroxylation sites is 1. The molecule has 1 unspecified atom stereocenters. The van der Waals surface area contributed by atoms with Gasteiger partial charge in [0.25, 0.3) is 11.1 Å². The summed E-state index contributed by atoms with van der Waals surface area (Å²) in [6.45, 7) is 5.87. The average molecular weight is 571 g/mol. The van der Waals surface area contributed by atoms with Crippen molar-refractivity contribution in [2.75, 3.05) is 6.61 Å². The van der Waals surface area contributed by atoms with Crippen LogP contribution >= 0.6 is 7.60 Å². The molecule has 0 bridgehead atoms. The third kappa shape index (κ3) is 6.67. The highest BCUT2D eigenvalue weighted by atomic mass is 31.2. The van der Waals surface area contributed by atoms with Gasteiger partial charge in [0.2, 0.25) is 0 Å². The van der Waals surface area contributed by atoms with Crippen molar-refractivity contribution in [1.82, 2.24) is 9.55 Å². The molecule has 1 saturated heterocycles. The highest BCUT2D eigenvalue weighted by Crippen LogP contribution is 2.54. The van der Waals surface area contributed by atoms with Gasteiger partial charge in [0.05, 0.1) is 12.2 Å². The van der Waals surface area contributed by atoms with Gasteiger partial charge in [-0.15, -0.1) is 0 Å². The first-order chi connectivity index (χ1) is 18.9. The van der Waals surface area contributed by atoms with Gasteiger partial charge in [0, 0.05) is 23.6 Å². The molecule has 1 aliphatic heterocycles. The van der Waals surface area contributed by atoms with E-state index in [1.54, 1.807) is 81.4 Å². The molecule has 2 heterocycles. The molecular weight excluding hydrogens is 539 g/mol. The van der Waals surface area contributed by atoms with Gasteiger partial charge in [-0.1, -0.05) is 57.2 Å². The number of carbonyl (C=O) groups is 2. The maximum absolute atomic E-state index is 13.9. The largest absolute Gasteiger partial charge is 0.456 e. The second-order valence-corrected chi connectivity index (χ2v) is 12.2. The Morgan fingerprint density at radius 1 is 1.05 bits per heavy atom. The molecule has 1 aromatic heterocycles. The summed E-state index contributed by atoms with van der Waals surface area (Å²) in [6, 6.07) is 16.4. The first-order valence-corrected chi connectivity index (χ1v) is 14.2. The minimum atomic E-state index is -4.42. The summed E-state index contributed by atoms with van der Waals surface area (Å²) >= 11 is 0. The molecule has 1 aliphatic rings. The Kier molecular flexibility index (Phi) is 8.58. The number of carbonyl (C=O) groups excluding carboxylic acids is 2. The third-order valence-electron chi connectivity index (χ3n) is 6.17. The zero-order chi connectivity index (χ0) is 29.1. The average Bonchev–Trinajstić information content (AvgIpc) is 3.31. The molecule has 4 atom stereocenters. The molecule has 12 heteroatoms. The van der Waals surface area contributed by atoms with Crippen LogP contribution in [0.15, 0.2) is 76.4 Å². The lowest BCUT2D eigenvalue weighted by atomic mass is 10.00. The zero-order valence-electron chi connectivity index (χ0n) is 22.6. The van der Waals surface area contributed by atoms with Crippen LogP contribution in [0.3, 0.4) is 0 Å². The fourth-order valence-corrected chi connectivity index (χ4v) is 5.87. The second-order valence-electron chi connectivity index (χ2n) is 10.4. The molecule has 1 fully saturated rings. The van der Waals surface area contributed by atoms with Gasteiger partial charge in [-0.2, -0.15) is 0 Å². The second kappa shape index (κ2) is 11.8. The predicted molar refractivity (Wildman–Crippen MR) is 145 cm³/mol. The number of aromatic nitrogens is 2. The van der Waals surface area contributed by atoms with Crippen molar-refractivity contribution in [1.29, 1.82) is 0 Å². The van der Waals surface area contributed by atoms with E-state index in [0.717, 1.165) is 0 Å². The SMILES string of the molecule is Cc1cn([C@H]2C[C@H](OC(=O)c3ccccc3)[C@@H](COP(=O)(Oc3ccccc3)C(=O)C(C)(C)C)O2)c(=O)[nH]c1=O. The topological polar surface area (TPSA) is 143 Å². The van der Waals surface area contributed by atoms with Gasteiger partial charge in [0.1, 0.15) is 24.2 Å². The van der Waals surface area contributed by atoms with E-state index in [1.807, 2.05) is 0 Å². The van der Waals surface area contributed by atoms with Crippen LogP contribution in [0, 0.1) is 12.3 Å². The molecule has 0 saturated carbocycles. The molecule has 4 rings (SSSR count). The first kappa shape index (κ1) is 29.2. The van der Waals surface area contributed by atoms with Crippen LogP contribution in [0.5, 0.6) is 5.75 Å². The van der Waals surface area contributed by atoms with E-state index in [4.69, 9.17) is 18.5 Å². The Hall–Kier alpha value is -3.79. The van der Waals surface area contributed by atoms with Crippen molar-refractivity contribution >= 4 is 19.1 Å². The van der Waals surface area contributed by atoms with Gasteiger partial charge >= 0.3 is 19.3 Å². The van der Waals surface area contributed by atoms with E-state index in [-0.39, 0.29) is 17.7 Å². The van der Waals surface area contributed by atoms with Crippen molar-refractivity contribution in [3.63, 3.8) is 0 Å². The van der Waals surface area contributed by atoms with Crippen molar-refractivity contribution in [3.05, 3.63) is 98.8 Å². The van der Waals surface area contributed by atoms with Gasteiger partial charge in [-0.3, -0.25) is 23.7 Å². The van der Waals surface area contributed by atoms with Crippen molar-refractivity contribution in [3.8, 4) is 5.75 Å². The van der Waals surface area contributed by atoms with Crippen LogP contribution in [0.1, 0.15) is 49.3 Å². The number of aryl methyl sites for hydroxylation is 1. The van der Waals surface area contributed by atoms with Gasteiger partial charge < -0.3 is 14.0 Å². The number of rotatable bonds is 9. The number of H-pyrrole nitrogens is 1. The van der Waals surface area contributed by atoms with E-state index in [2.05, 4.69) is 4.98 Å². The van der Waals surface area contributed by atoms with Crippen molar-refractivity contribution in [2.45, 2.75) is 52.6 Å². The Morgan fingerprint density at radius 2 is 1.68 bits per heavy atom. The fraction of sp³-hybridized carbons (Fsp3) is 0.357. The quantitative estimate of drug-likeness (QED) is 0.295. The lowest BCUT2D eigenvalue weighted by molar-refractivity contribution is -0.120. The smallest absolute Gasteiger partial charge is 0.446 e. The van der Waals surface area contributed by atoms with Crippen molar-refractivity contribution in [2.24, 2.45) is 5.41 Å². The maximum atomic E-state index is 13.9. The van der Waals surface area contributed by atoms with E-state index in [0.29, 0.717) is 5.56 Å². The van der Waals surface area contributed by atoms with Gasteiger partial charge in [0.15, 0.2) is 0 Å². The number of hydrogen-bond acceptors (Lipinski definition) is 9. The summed E-state index contributed by atoms with van der Waals surface area (Å²) < 4.78 is 38.1. The highest BCUT2D eigenvalue weighted by molar-refractivity contribution is 7.72. The number of nitrogens with one attached hydrogen (secondary N) is 1. The molecule has 0 radical (unpaired) electrons. The first-order valence-electron chi connectivity index (χ1n) is 12.6. The normalized spacial score (nSPS) is 20.4. The molecular formula is C28H31N2O9P. The number of benzene rings is 2. The highest BCUT2D eigenvalue weighted by Gasteiger charge is 2.47. The Morgan fingerprint density at radius 3 is 2.30 bits per heavy atom.